The van der Waals surface area contributed by atoms with Gasteiger partial charge in [-0.05, 0) is 55.6 Å². The molecule has 0 radical (unpaired) electrons. The fourth-order valence-corrected chi connectivity index (χ4v) is 3.30. The summed E-state index contributed by atoms with van der Waals surface area (Å²) in [5.74, 6) is 0.905. The zero-order valence-corrected chi connectivity index (χ0v) is 14.5. The van der Waals surface area contributed by atoms with Crippen LogP contribution in [0.25, 0.3) is 0 Å². The lowest BCUT2D eigenvalue weighted by Gasteiger charge is -2.25. The minimum atomic E-state index is 0.506. The van der Waals surface area contributed by atoms with Crippen molar-refractivity contribution in [3.63, 3.8) is 0 Å². The summed E-state index contributed by atoms with van der Waals surface area (Å²) >= 11 is 5.45. The number of ether oxygens (including phenoxy) is 1. The Bertz CT molecular complexity index is 541. The Morgan fingerprint density at radius 2 is 2.15 bits per heavy atom. The van der Waals surface area contributed by atoms with Crippen LogP contribution in [-0.4, -0.2) is 25.1 Å². The molecule has 1 heterocycles. The summed E-state index contributed by atoms with van der Waals surface area (Å²) in [6.45, 7) is 3.18. The van der Waals surface area contributed by atoms with Crippen LogP contribution in [0.5, 0.6) is 5.75 Å². The molecule has 20 heavy (non-hydrogen) atoms. The molecule has 0 saturated heterocycles. The molecule has 0 aliphatic heterocycles. The number of rotatable bonds is 6. The van der Waals surface area contributed by atoms with Crippen molar-refractivity contribution in [3.05, 3.63) is 50.6 Å². The highest BCUT2D eigenvalue weighted by atomic mass is 79.9. The van der Waals surface area contributed by atoms with E-state index >= 15 is 0 Å². The molecule has 0 spiro atoms. The molecule has 0 bridgehead atoms. The maximum absolute atomic E-state index is 5.30. The molecule has 0 aliphatic carbocycles. The van der Waals surface area contributed by atoms with Crippen molar-refractivity contribution in [1.82, 2.24) is 4.90 Å². The number of nitrogens with zero attached hydrogens (tertiary/aromatic N) is 1. The highest BCUT2D eigenvalue weighted by Crippen LogP contribution is 2.24. The van der Waals surface area contributed by atoms with E-state index in [0.29, 0.717) is 6.04 Å². The Hall–Kier alpha value is -0.840. The van der Waals surface area contributed by atoms with Gasteiger partial charge in [-0.3, -0.25) is 4.90 Å². The second kappa shape index (κ2) is 7.25. The number of halogens is 1. The van der Waals surface area contributed by atoms with E-state index < -0.39 is 0 Å². The second-order valence-corrected chi connectivity index (χ2v) is 6.89. The monoisotopic (exact) mass is 353 g/mol. The van der Waals surface area contributed by atoms with Gasteiger partial charge in [-0.15, -0.1) is 11.3 Å². The molecule has 1 aromatic carbocycles. The summed E-state index contributed by atoms with van der Waals surface area (Å²) in [7, 11) is 3.88. The zero-order valence-electron chi connectivity index (χ0n) is 12.1. The fourth-order valence-electron chi connectivity index (χ4n) is 2.10. The third-order valence-corrected chi connectivity index (χ3v) is 5.17. The van der Waals surface area contributed by atoms with Crippen LogP contribution in [-0.2, 0) is 13.0 Å². The average Bonchev–Trinajstić information content (AvgIpc) is 2.94. The molecular weight excluding hydrogens is 334 g/mol. The third-order valence-electron chi connectivity index (χ3n) is 3.50. The van der Waals surface area contributed by atoms with Crippen molar-refractivity contribution < 1.29 is 4.74 Å². The predicted octanol–water partition coefficient (Wildman–Crippen LogP) is 4.58. The van der Waals surface area contributed by atoms with Gasteiger partial charge in [0.05, 0.1) is 7.11 Å². The lowest BCUT2D eigenvalue weighted by molar-refractivity contribution is 0.248. The van der Waals surface area contributed by atoms with Crippen molar-refractivity contribution >= 4 is 27.3 Å². The minimum Gasteiger partial charge on any atom is -0.497 e. The Morgan fingerprint density at radius 3 is 2.80 bits per heavy atom. The maximum Gasteiger partial charge on any atom is 0.119 e. The molecule has 0 aliphatic rings. The summed E-state index contributed by atoms with van der Waals surface area (Å²) in [6, 6.07) is 10.9. The first-order chi connectivity index (χ1) is 9.60. The molecule has 4 heteroatoms. The van der Waals surface area contributed by atoms with E-state index in [0.717, 1.165) is 23.2 Å². The predicted molar refractivity (Wildman–Crippen MR) is 89.6 cm³/mol. The Morgan fingerprint density at radius 1 is 1.35 bits per heavy atom. The van der Waals surface area contributed by atoms with E-state index in [2.05, 4.69) is 58.4 Å². The van der Waals surface area contributed by atoms with Gasteiger partial charge < -0.3 is 4.74 Å². The van der Waals surface area contributed by atoms with Crippen LogP contribution >= 0.6 is 27.3 Å². The lowest BCUT2D eigenvalue weighted by atomic mass is 10.1. The largest absolute Gasteiger partial charge is 0.497 e. The minimum absolute atomic E-state index is 0.506. The number of methoxy groups -OCH3 is 1. The van der Waals surface area contributed by atoms with E-state index in [1.165, 1.54) is 10.4 Å². The maximum atomic E-state index is 5.30. The van der Waals surface area contributed by atoms with Gasteiger partial charge in [0, 0.05) is 21.9 Å². The van der Waals surface area contributed by atoms with Gasteiger partial charge in [0.2, 0.25) is 0 Å². The highest BCUT2D eigenvalue weighted by molar-refractivity contribution is 9.10. The van der Waals surface area contributed by atoms with Gasteiger partial charge in [0.25, 0.3) is 0 Å². The van der Waals surface area contributed by atoms with E-state index in [-0.39, 0.29) is 0 Å². The van der Waals surface area contributed by atoms with Crippen LogP contribution < -0.4 is 4.74 Å². The van der Waals surface area contributed by atoms with Gasteiger partial charge >= 0.3 is 0 Å². The molecule has 1 unspecified atom stereocenters. The van der Waals surface area contributed by atoms with Gasteiger partial charge in [-0.2, -0.15) is 0 Å². The fraction of sp³-hybridized carbons (Fsp3) is 0.375. The molecule has 1 atom stereocenters. The smallest absolute Gasteiger partial charge is 0.119 e. The summed E-state index contributed by atoms with van der Waals surface area (Å²) in [5.41, 5.74) is 1.25. The van der Waals surface area contributed by atoms with Crippen LogP contribution in [0.4, 0.5) is 0 Å². The zero-order chi connectivity index (χ0) is 14.5. The highest BCUT2D eigenvalue weighted by Gasteiger charge is 2.13. The molecule has 2 aromatic rings. The number of hydrogen-bond donors (Lipinski definition) is 0. The van der Waals surface area contributed by atoms with Crippen molar-refractivity contribution in [3.8, 4) is 5.75 Å². The van der Waals surface area contributed by atoms with E-state index in [9.17, 15) is 0 Å². The van der Waals surface area contributed by atoms with Crippen molar-refractivity contribution in [2.24, 2.45) is 0 Å². The molecule has 0 amide bonds. The number of thiophene rings is 1. The molecular formula is C16H20BrNOS. The lowest BCUT2D eigenvalue weighted by Crippen LogP contribution is -2.30. The van der Waals surface area contributed by atoms with Gasteiger partial charge in [-0.1, -0.05) is 22.0 Å². The first-order valence-corrected chi connectivity index (χ1v) is 8.32. The van der Waals surface area contributed by atoms with E-state index in [1.807, 2.05) is 23.5 Å². The van der Waals surface area contributed by atoms with Crippen LogP contribution in [0.2, 0.25) is 0 Å². The number of likely N-dealkylation sites (N-methyl/N-ethyl adjacent to an activating group) is 1. The summed E-state index contributed by atoms with van der Waals surface area (Å²) in [4.78, 5) is 3.81. The summed E-state index contributed by atoms with van der Waals surface area (Å²) < 4.78 is 6.43. The van der Waals surface area contributed by atoms with Crippen LogP contribution in [0, 0.1) is 0 Å². The van der Waals surface area contributed by atoms with Gasteiger partial charge in [0.15, 0.2) is 0 Å². The van der Waals surface area contributed by atoms with Gasteiger partial charge in [0.1, 0.15) is 5.75 Å². The molecule has 0 fully saturated rings. The Balaban J connectivity index is 2.01. The van der Waals surface area contributed by atoms with Gasteiger partial charge in [-0.25, -0.2) is 0 Å². The first-order valence-electron chi connectivity index (χ1n) is 6.65. The Labute approximate surface area is 133 Å². The SMILES string of the molecule is COc1ccc(Br)c(CN(C)C(C)Cc2cccs2)c1. The average molecular weight is 354 g/mol. The molecule has 108 valence electrons. The number of hydrogen-bond acceptors (Lipinski definition) is 3. The topological polar surface area (TPSA) is 12.5 Å². The normalized spacial score (nSPS) is 12.7. The standard InChI is InChI=1S/C16H20BrNOS/c1-12(9-15-5-4-8-20-15)18(2)11-13-10-14(19-3)6-7-16(13)17/h4-8,10,12H,9,11H2,1-3H3. The summed E-state index contributed by atoms with van der Waals surface area (Å²) in [6.07, 6.45) is 1.09. The Kier molecular flexibility index (Phi) is 5.64. The van der Waals surface area contributed by atoms with Crippen LogP contribution in [0.3, 0.4) is 0 Å². The summed E-state index contributed by atoms with van der Waals surface area (Å²) in [5, 5.41) is 2.14. The van der Waals surface area contributed by atoms with Crippen molar-refractivity contribution in [1.29, 1.82) is 0 Å². The quantitative estimate of drug-likeness (QED) is 0.753. The van der Waals surface area contributed by atoms with Crippen LogP contribution in [0.1, 0.15) is 17.4 Å². The molecule has 0 saturated carbocycles. The second-order valence-electron chi connectivity index (χ2n) is 5.00. The van der Waals surface area contributed by atoms with Crippen molar-refractivity contribution in [2.45, 2.75) is 25.9 Å². The number of benzene rings is 1. The molecule has 2 rings (SSSR count). The van der Waals surface area contributed by atoms with Crippen molar-refractivity contribution in [2.75, 3.05) is 14.2 Å². The molecule has 0 N–H and O–H groups in total. The van der Waals surface area contributed by atoms with E-state index in [4.69, 9.17) is 4.74 Å². The third kappa shape index (κ3) is 4.08. The van der Waals surface area contributed by atoms with Crippen LogP contribution in [0.15, 0.2) is 40.2 Å². The molecule has 2 nitrogen and oxygen atoms in total. The molecule has 1 aromatic heterocycles. The first kappa shape index (κ1) is 15.5. The van der Waals surface area contributed by atoms with E-state index in [1.54, 1.807) is 7.11 Å².